The van der Waals surface area contributed by atoms with Crippen molar-refractivity contribution < 1.29 is 19.0 Å². The molecule has 0 saturated carbocycles. The summed E-state index contributed by atoms with van der Waals surface area (Å²) < 4.78 is 15.5. The third-order valence-corrected chi connectivity index (χ3v) is 3.78. The van der Waals surface area contributed by atoms with E-state index in [0.717, 1.165) is 11.3 Å². The molecule has 2 rings (SSSR count). The van der Waals surface area contributed by atoms with Crippen LogP contribution in [0, 0.1) is 0 Å². The van der Waals surface area contributed by atoms with Gasteiger partial charge in [0, 0.05) is 20.2 Å². The lowest BCUT2D eigenvalue weighted by Gasteiger charge is -2.10. The zero-order valence-electron chi connectivity index (χ0n) is 15.4. The molecule has 0 saturated heterocycles. The van der Waals surface area contributed by atoms with Gasteiger partial charge in [0.25, 0.3) is 5.91 Å². The number of anilines is 1. The zero-order chi connectivity index (χ0) is 18.8. The van der Waals surface area contributed by atoms with Crippen LogP contribution in [-0.4, -0.2) is 51.9 Å². The number of carbonyl (C=O) groups excluding carboxylic acids is 1. The van der Waals surface area contributed by atoms with Gasteiger partial charge in [-0.25, -0.2) is 4.98 Å². The Hall–Kier alpha value is -2.80. The molecule has 7 heteroatoms. The summed E-state index contributed by atoms with van der Waals surface area (Å²) >= 11 is 0. The van der Waals surface area contributed by atoms with Crippen LogP contribution in [0.25, 0.3) is 0 Å². The van der Waals surface area contributed by atoms with Crippen molar-refractivity contribution in [2.24, 2.45) is 0 Å². The van der Waals surface area contributed by atoms with Gasteiger partial charge in [-0.15, -0.1) is 0 Å². The first-order valence-corrected chi connectivity index (χ1v) is 8.36. The molecule has 0 radical (unpaired) electrons. The van der Waals surface area contributed by atoms with Gasteiger partial charge in [-0.2, -0.15) is 0 Å². The molecule has 2 N–H and O–H groups in total. The molecule has 0 fully saturated rings. The van der Waals surface area contributed by atoms with E-state index in [0.29, 0.717) is 43.3 Å². The third kappa shape index (κ3) is 5.63. The van der Waals surface area contributed by atoms with Gasteiger partial charge in [-0.05, 0) is 36.2 Å². The molecule has 0 spiro atoms. The van der Waals surface area contributed by atoms with Crippen LogP contribution >= 0.6 is 0 Å². The molecule has 0 unspecified atom stereocenters. The van der Waals surface area contributed by atoms with E-state index in [4.69, 9.17) is 14.2 Å². The van der Waals surface area contributed by atoms with Gasteiger partial charge in [0.15, 0.2) is 11.5 Å². The number of nitrogens with zero attached hydrogens (tertiary/aromatic N) is 1. The van der Waals surface area contributed by atoms with Crippen LogP contribution in [0.4, 0.5) is 5.69 Å². The van der Waals surface area contributed by atoms with E-state index in [1.165, 1.54) is 0 Å². The average molecular weight is 359 g/mol. The number of hydrogen-bond donors (Lipinski definition) is 2. The second-order valence-electron chi connectivity index (χ2n) is 5.55. The molecule has 1 aromatic heterocycles. The number of amides is 1. The number of rotatable bonds is 10. The first kappa shape index (κ1) is 19.5. The van der Waals surface area contributed by atoms with Crippen molar-refractivity contribution in [2.75, 3.05) is 46.3 Å². The quantitative estimate of drug-likeness (QED) is 0.633. The fourth-order valence-corrected chi connectivity index (χ4v) is 2.38. The smallest absolute Gasteiger partial charge is 0.269 e. The largest absolute Gasteiger partial charge is 0.493 e. The van der Waals surface area contributed by atoms with Gasteiger partial charge in [-0.3, -0.25) is 4.79 Å². The number of pyridine rings is 1. The minimum absolute atomic E-state index is 0.200. The van der Waals surface area contributed by atoms with E-state index >= 15 is 0 Å². The number of carbonyl (C=O) groups is 1. The molecule has 0 aliphatic carbocycles. The van der Waals surface area contributed by atoms with E-state index < -0.39 is 0 Å². The highest BCUT2D eigenvalue weighted by atomic mass is 16.5. The summed E-state index contributed by atoms with van der Waals surface area (Å²) in [5.41, 5.74) is 2.28. The van der Waals surface area contributed by atoms with Crippen molar-refractivity contribution in [3.05, 3.63) is 47.8 Å². The van der Waals surface area contributed by atoms with Crippen LogP contribution in [0.2, 0.25) is 0 Å². The molecule has 1 aromatic carbocycles. The van der Waals surface area contributed by atoms with Gasteiger partial charge < -0.3 is 24.8 Å². The summed E-state index contributed by atoms with van der Waals surface area (Å²) in [6.45, 7) is 1.80. The van der Waals surface area contributed by atoms with E-state index in [9.17, 15) is 4.79 Å². The van der Waals surface area contributed by atoms with Crippen molar-refractivity contribution in [3.8, 4) is 11.5 Å². The van der Waals surface area contributed by atoms with Crippen LogP contribution < -0.4 is 20.1 Å². The Morgan fingerprint density at radius 2 is 1.85 bits per heavy atom. The highest BCUT2D eigenvalue weighted by molar-refractivity contribution is 5.92. The fraction of sp³-hybridized carbons (Fsp3) is 0.368. The number of ether oxygens (including phenoxy) is 3. The Kier molecular flexibility index (Phi) is 7.70. The van der Waals surface area contributed by atoms with Gasteiger partial charge >= 0.3 is 0 Å². The monoisotopic (exact) mass is 359 g/mol. The molecule has 1 amide bonds. The lowest BCUT2D eigenvalue weighted by atomic mass is 10.1. The van der Waals surface area contributed by atoms with Crippen LogP contribution in [0.1, 0.15) is 16.1 Å². The summed E-state index contributed by atoms with van der Waals surface area (Å²) in [7, 11) is 4.85. The van der Waals surface area contributed by atoms with E-state index in [2.05, 4.69) is 15.6 Å². The molecule has 7 nitrogen and oxygen atoms in total. The molecule has 0 aliphatic rings. The SMILES string of the molecule is COCCNc1ccc(C(=O)NCCc2ccc(OC)c(OC)c2)nc1. The van der Waals surface area contributed by atoms with Gasteiger partial charge in [0.05, 0.1) is 32.7 Å². The first-order chi connectivity index (χ1) is 12.7. The van der Waals surface area contributed by atoms with Gasteiger partial charge in [0.2, 0.25) is 0 Å². The Morgan fingerprint density at radius 3 is 2.50 bits per heavy atom. The highest BCUT2D eigenvalue weighted by Crippen LogP contribution is 2.27. The summed E-state index contributed by atoms with van der Waals surface area (Å²) in [6, 6.07) is 9.23. The van der Waals surface area contributed by atoms with E-state index in [1.54, 1.807) is 33.6 Å². The van der Waals surface area contributed by atoms with Crippen molar-refractivity contribution >= 4 is 11.6 Å². The molecule has 1 heterocycles. The standard InChI is InChI=1S/C19H25N3O4/c1-24-11-10-20-15-5-6-16(22-13-15)19(23)21-9-8-14-4-7-17(25-2)18(12-14)26-3/h4-7,12-13,20H,8-11H2,1-3H3,(H,21,23). The number of methoxy groups -OCH3 is 3. The van der Waals surface area contributed by atoms with Crippen LogP contribution in [0.3, 0.4) is 0 Å². The Labute approximate surface area is 153 Å². The highest BCUT2D eigenvalue weighted by Gasteiger charge is 2.08. The molecular formula is C19H25N3O4. The molecule has 140 valence electrons. The molecule has 0 bridgehead atoms. The van der Waals surface area contributed by atoms with Gasteiger partial charge in [0.1, 0.15) is 5.69 Å². The van der Waals surface area contributed by atoms with Crippen molar-refractivity contribution in [1.82, 2.24) is 10.3 Å². The summed E-state index contributed by atoms with van der Waals surface area (Å²) in [4.78, 5) is 16.4. The lowest BCUT2D eigenvalue weighted by Crippen LogP contribution is -2.26. The molecule has 0 aliphatic heterocycles. The predicted octanol–water partition coefficient (Wildman–Crippen LogP) is 2.13. The normalized spacial score (nSPS) is 10.3. The summed E-state index contributed by atoms with van der Waals surface area (Å²) in [5.74, 6) is 1.16. The molecule has 0 atom stereocenters. The van der Waals surface area contributed by atoms with Crippen molar-refractivity contribution in [2.45, 2.75) is 6.42 Å². The number of aromatic nitrogens is 1. The zero-order valence-corrected chi connectivity index (χ0v) is 15.4. The van der Waals surface area contributed by atoms with Crippen molar-refractivity contribution in [1.29, 1.82) is 0 Å². The maximum Gasteiger partial charge on any atom is 0.269 e. The third-order valence-electron chi connectivity index (χ3n) is 3.78. The predicted molar refractivity (Wildman–Crippen MR) is 100 cm³/mol. The number of hydrogen-bond acceptors (Lipinski definition) is 6. The minimum atomic E-state index is -0.200. The van der Waals surface area contributed by atoms with Gasteiger partial charge in [-0.1, -0.05) is 6.07 Å². The average Bonchev–Trinajstić information content (AvgIpc) is 2.68. The molecule has 2 aromatic rings. The number of benzene rings is 1. The maximum atomic E-state index is 12.2. The van der Waals surface area contributed by atoms with Crippen molar-refractivity contribution in [3.63, 3.8) is 0 Å². The Morgan fingerprint density at radius 1 is 1.04 bits per heavy atom. The second-order valence-corrected chi connectivity index (χ2v) is 5.55. The second kappa shape index (κ2) is 10.2. The summed E-state index contributed by atoms with van der Waals surface area (Å²) in [6.07, 6.45) is 2.32. The Bertz CT molecular complexity index is 704. The lowest BCUT2D eigenvalue weighted by molar-refractivity contribution is 0.0949. The molecular weight excluding hydrogens is 334 g/mol. The van der Waals surface area contributed by atoms with Crippen LogP contribution in [-0.2, 0) is 11.2 Å². The summed E-state index contributed by atoms with van der Waals surface area (Å²) in [5, 5.41) is 6.03. The van der Waals surface area contributed by atoms with E-state index in [1.807, 2.05) is 24.3 Å². The molecule has 26 heavy (non-hydrogen) atoms. The van der Waals surface area contributed by atoms with Crippen LogP contribution in [0.15, 0.2) is 36.5 Å². The topological polar surface area (TPSA) is 81.7 Å². The number of nitrogens with one attached hydrogen (secondary N) is 2. The first-order valence-electron chi connectivity index (χ1n) is 8.36. The minimum Gasteiger partial charge on any atom is -0.493 e. The maximum absolute atomic E-state index is 12.2. The Balaban J connectivity index is 1.83. The van der Waals surface area contributed by atoms with Crippen LogP contribution in [0.5, 0.6) is 11.5 Å². The fourth-order valence-electron chi connectivity index (χ4n) is 2.38. The van der Waals surface area contributed by atoms with E-state index in [-0.39, 0.29) is 5.91 Å².